The number of amides is 1. The van der Waals surface area contributed by atoms with Gasteiger partial charge in [-0.25, -0.2) is 18.0 Å². The van der Waals surface area contributed by atoms with Crippen molar-refractivity contribution in [3.05, 3.63) is 53.7 Å². The van der Waals surface area contributed by atoms with Crippen LogP contribution in [-0.2, 0) is 4.74 Å². The lowest BCUT2D eigenvalue weighted by atomic mass is 9.95. The maximum absolute atomic E-state index is 17.6. The Bertz CT molecular complexity index is 2340. The second-order valence-electron chi connectivity index (χ2n) is 19.5. The first-order valence-electron chi connectivity index (χ1n) is 22.2. The van der Waals surface area contributed by atoms with Crippen molar-refractivity contribution in [1.82, 2.24) is 24.8 Å². The van der Waals surface area contributed by atoms with Crippen molar-refractivity contribution in [3.8, 4) is 28.7 Å². The third-order valence-electron chi connectivity index (χ3n) is 13.8. The minimum absolute atomic E-state index is 0.00474. The average molecular weight is 857 g/mol. The lowest BCUT2D eigenvalue weighted by Crippen LogP contribution is -2.47. The third-order valence-corrected chi connectivity index (χ3v) is 20.1. The number of carbonyl (C=O) groups is 1. The van der Waals surface area contributed by atoms with Crippen molar-refractivity contribution in [1.29, 1.82) is 0 Å². The predicted molar refractivity (Wildman–Crippen MR) is 240 cm³/mol. The van der Waals surface area contributed by atoms with Crippen molar-refractivity contribution in [2.24, 2.45) is 0 Å². The Balaban J connectivity index is 1.37. The molecule has 0 N–H and O–H groups in total. The lowest BCUT2D eigenvalue weighted by molar-refractivity contribution is 0.0217. The number of likely N-dealkylation sites (N-methyl/N-ethyl adjacent to an activating group) is 1. The smallest absolute Gasteiger partial charge is 0.410 e. The molecule has 0 saturated carbocycles. The highest BCUT2D eigenvalue weighted by Crippen LogP contribution is 2.43. The highest BCUT2D eigenvalue weighted by atomic mass is 28.3. The molecule has 4 atom stereocenters. The molecule has 1 amide bonds. The highest BCUT2D eigenvalue weighted by Gasteiger charge is 2.50. The Hall–Kier alpha value is -4.41. The van der Waals surface area contributed by atoms with E-state index in [-0.39, 0.29) is 47.6 Å². The lowest BCUT2D eigenvalue weighted by Gasteiger charge is -2.38. The molecule has 9 nitrogen and oxygen atoms in total. The first-order valence-corrected chi connectivity index (χ1v) is 24.4. The molecule has 3 saturated heterocycles. The summed E-state index contributed by atoms with van der Waals surface area (Å²) < 4.78 is 60.7. The predicted octanol–water partition coefficient (Wildman–Crippen LogP) is 10.9. The first kappa shape index (κ1) is 44.6. The van der Waals surface area contributed by atoms with E-state index < -0.39 is 37.0 Å². The second kappa shape index (κ2) is 17.0. The van der Waals surface area contributed by atoms with Crippen LogP contribution in [0.3, 0.4) is 0 Å². The van der Waals surface area contributed by atoms with Crippen molar-refractivity contribution in [2.45, 2.75) is 147 Å². The van der Waals surface area contributed by atoms with Crippen LogP contribution in [0.5, 0.6) is 6.01 Å². The number of benzene rings is 2. The van der Waals surface area contributed by atoms with E-state index in [9.17, 15) is 9.18 Å². The van der Waals surface area contributed by atoms with E-state index in [0.29, 0.717) is 76.5 Å². The minimum atomic E-state index is -2.26. The van der Waals surface area contributed by atoms with Crippen LogP contribution in [0.25, 0.3) is 32.9 Å². The monoisotopic (exact) mass is 856 g/mol. The molecule has 0 unspecified atom stereocenters. The van der Waals surface area contributed by atoms with Gasteiger partial charge in [0.05, 0.1) is 28.6 Å². The SMILES string of the molecule is CC[C@@H]1[C@H](N(C)c2nc(OC[C@@]34CCCN3C[C@H](F)C4)nc3c(F)c(-c4cccc5ccc(F)c(C#C[Si](C(C)C)(C(C)C)C(C)C)c45)ncc23)CCN1C(=O)OC(C)(C)C. The summed E-state index contributed by atoms with van der Waals surface area (Å²) in [7, 11) is -0.377. The molecule has 5 heterocycles. The molecule has 3 fully saturated rings. The number of fused-ring (bicyclic) bond motifs is 3. The zero-order valence-corrected chi connectivity index (χ0v) is 38.8. The molecule has 3 aliphatic rings. The van der Waals surface area contributed by atoms with E-state index in [0.717, 1.165) is 19.4 Å². The van der Waals surface area contributed by atoms with Crippen molar-refractivity contribution in [3.63, 3.8) is 0 Å². The molecule has 2 aromatic heterocycles. The van der Waals surface area contributed by atoms with Crippen LogP contribution in [0, 0.1) is 23.1 Å². The number of hydrogen-bond acceptors (Lipinski definition) is 8. The van der Waals surface area contributed by atoms with Gasteiger partial charge in [-0.05, 0) is 81.1 Å². The number of likely N-dealkylation sites (tertiary alicyclic amines) is 1. The maximum Gasteiger partial charge on any atom is 0.410 e. The topological polar surface area (TPSA) is 83.9 Å². The summed E-state index contributed by atoms with van der Waals surface area (Å²) in [5.41, 5.74) is 4.17. The summed E-state index contributed by atoms with van der Waals surface area (Å²) in [5.74, 6) is 2.56. The van der Waals surface area contributed by atoms with Gasteiger partial charge in [-0.15, -0.1) is 5.54 Å². The number of pyridine rings is 1. The molecule has 0 spiro atoms. The number of anilines is 1. The van der Waals surface area contributed by atoms with E-state index in [1.54, 1.807) is 23.2 Å². The van der Waals surface area contributed by atoms with Gasteiger partial charge in [0.25, 0.3) is 0 Å². The normalized spacial score (nSPS) is 22.1. The Morgan fingerprint density at radius 2 is 1.77 bits per heavy atom. The zero-order chi connectivity index (χ0) is 44.2. The number of halogens is 3. The quantitative estimate of drug-likeness (QED) is 0.115. The summed E-state index contributed by atoms with van der Waals surface area (Å²) in [6.07, 6.45) is 3.60. The fourth-order valence-corrected chi connectivity index (χ4v) is 16.2. The number of ether oxygens (including phenoxy) is 2. The van der Waals surface area contributed by atoms with Crippen LogP contribution in [0.1, 0.15) is 107 Å². The molecule has 2 aromatic carbocycles. The van der Waals surface area contributed by atoms with Gasteiger partial charge < -0.3 is 19.3 Å². The largest absolute Gasteiger partial charge is 0.461 e. The van der Waals surface area contributed by atoms with Gasteiger partial charge in [-0.3, -0.25) is 9.88 Å². The molecular formula is C48H63F3N6O3Si. The van der Waals surface area contributed by atoms with E-state index in [4.69, 9.17) is 24.4 Å². The summed E-state index contributed by atoms with van der Waals surface area (Å²) >= 11 is 0. The van der Waals surface area contributed by atoms with E-state index in [2.05, 4.69) is 57.9 Å². The molecule has 61 heavy (non-hydrogen) atoms. The van der Waals surface area contributed by atoms with Gasteiger partial charge in [0.1, 0.15) is 49.3 Å². The van der Waals surface area contributed by atoms with Crippen LogP contribution in [0.15, 0.2) is 36.5 Å². The van der Waals surface area contributed by atoms with Crippen LogP contribution in [0.4, 0.5) is 23.8 Å². The third kappa shape index (κ3) is 8.19. The van der Waals surface area contributed by atoms with Crippen LogP contribution >= 0.6 is 0 Å². The summed E-state index contributed by atoms with van der Waals surface area (Å²) in [5, 5.41) is 1.57. The number of aromatic nitrogens is 3. The second-order valence-corrected chi connectivity index (χ2v) is 25.0. The van der Waals surface area contributed by atoms with E-state index in [1.165, 1.54) is 6.07 Å². The van der Waals surface area contributed by atoms with E-state index in [1.807, 2.05) is 51.8 Å². The number of alkyl halides is 1. The maximum atomic E-state index is 17.6. The standard InChI is InChI=1S/C48H63F3N6O3Si/c1-12-38-39(19-23-57(38)46(58)60-47(8,9)10)55(11)44-36-26-52-42(41(51)43(36)53-45(54-44)59-28-48-21-14-22-56(48)27-33(49)25-48)35-16-13-15-32-17-18-37(50)34(40(32)35)20-24-61(29(2)3,30(4)5)31(6)7/h13,15-18,26,29-31,33,38-39H,12,14,19,21-23,25,27-28H2,1-11H3/t33-,38-,39-,48+/m1/s1. The highest BCUT2D eigenvalue weighted by molar-refractivity contribution is 6.90. The molecule has 3 aliphatic heterocycles. The van der Waals surface area contributed by atoms with Gasteiger partial charge in [-0.2, -0.15) is 9.97 Å². The van der Waals surface area contributed by atoms with Gasteiger partial charge in [0.2, 0.25) is 0 Å². The van der Waals surface area contributed by atoms with Crippen molar-refractivity contribution < 1.29 is 27.4 Å². The van der Waals surface area contributed by atoms with E-state index >= 15 is 8.78 Å². The van der Waals surface area contributed by atoms with Crippen molar-refractivity contribution in [2.75, 3.05) is 38.2 Å². The van der Waals surface area contributed by atoms with Gasteiger partial charge >= 0.3 is 12.1 Å². The molecule has 328 valence electrons. The van der Waals surface area contributed by atoms with Gasteiger partial charge in [0.15, 0.2) is 5.82 Å². The Morgan fingerprint density at radius 3 is 2.44 bits per heavy atom. The minimum Gasteiger partial charge on any atom is -0.461 e. The summed E-state index contributed by atoms with van der Waals surface area (Å²) in [6, 6.07) is 8.13. The molecule has 0 aliphatic carbocycles. The molecular weight excluding hydrogens is 794 g/mol. The molecule has 4 aromatic rings. The summed E-state index contributed by atoms with van der Waals surface area (Å²) in [4.78, 5) is 33.7. The zero-order valence-electron chi connectivity index (χ0n) is 37.8. The average Bonchev–Trinajstić information content (AvgIpc) is 3.89. The molecule has 0 radical (unpaired) electrons. The number of carbonyl (C=O) groups excluding carboxylic acids is 1. The molecule has 7 rings (SSSR count). The van der Waals surface area contributed by atoms with Gasteiger partial charge in [0, 0.05) is 43.7 Å². The Kier molecular flexibility index (Phi) is 12.5. The van der Waals surface area contributed by atoms with Crippen LogP contribution in [0.2, 0.25) is 16.6 Å². The Labute approximate surface area is 360 Å². The van der Waals surface area contributed by atoms with Crippen LogP contribution < -0.4 is 9.64 Å². The molecule has 0 bridgehead atoms. The first-order chi connectivity index (χ1) is 28.8. The number of hydrogen-bond donors (Lipinski definition) is 0. The Morgan fingerprint density at radius 1 is 1.05 bits per heavy atom. The molecule has 13 heteroatoms. The van der Waals surface area contributed by atoms with Crippen LogP contribution in [-0.4, -0.2) is 102 Å². The summed E-state index contributed by atoms with van der Waals surface area (Å²) in [6.45, 7) is 22.7. The number of rotatable bonds is 10. The number of nitrogens with zero attached hydrogens (tertiary/aromatic N) is 6. The fourth-order valence-electron chi connectivity index (χ4n) is 11.0. The van der Waals surface area contributed by atoms with Gasteiger partial charge in [-0.1, -0.05) is 78.7 Å². The fraction of sp³-hybridized carbons (Fsp3) is 0.583. The van der Waals surface area contributed by atoms with Crippen molar-refractivity contribution >= 4 is 41.7 Å².